The van der Waals surface area contributed by atoms with E-state index >= 15 is 0 Å². The first kappa shape index (κ1) is 15.8. The highest BCUT2D eigenvalue weighted by Gasteiger charge is 2.21. The van der Waals surface area contributed by atoms with Crippen LogP contribution in [-0.4, -0.2) is 47.8 Å². The van der Waals surface area contributed by atoms with E-state index in [-0.39, 0.29) is 11.8 Å². The lowest BCUT2D eigenvalue weighted by molar-refractivity contribution is -0.133. The van der Waals surface area contributed by atoms with Crippen LogP contribution in [0, 0.1) is 0 Å². The second kappa shape index (κ2) is 7.46. The predicted octanol–water partition coefficient (Wildman–Crippen LogP) is 2.35. The molecular formula is C16H21ClN2O2. The molecule has 2 amide bonds. The third-order valence-corrected chi connectivity index (χ3v) is 4.02. The van der Waals surface area contributed by atoms with Crippen LogP contribution in [0.25, 0.3) is 0 Å². The zero-order chi connectivity index (χ0) is 15.2. The van der Waals surface area contributed by atoms with Gasteiger partial charge in [0.15, 0.2) is 0 Å². The zero-order valence-corrected chi connectivity index (χ0v) is 13.1. The maximum absolute atomic E-state index is 12.3. The lowest BCUT2D eigenvalue weighted by Gasteiger charge is -2.22. The van der Waals surface area contributed by atoms with Crippen molar-refractivity contribution in [3.05, 3.63) is 34.9 Å². The molecule has 0 spiro atoms. The molecule has 5 heteroatoms. The van der Waals surface area contributed by atoms with Gasteiger partial charge in [-0.05, 0) is 24.1 Å². The number of carbonyl (C=O) groups excluding carboxylic acids is 2. The van der Waals surface area contributed by atoms with Gasteiger partial charge in [-0.1, -0.05) is 30.7 Å². The van der Waals surface area contributed by atoms with Crippen LogP contribution in [0.15, 0.2) is 24.3 Å². The number of benzene rings is 1. The molecule has 2 rings (SSSR count). The van der Waals surface area contributed by atoms with Crippen molar-refractivity contribution in [2.75, 3.05) is 26.2 Å². The average Bonchev–Trinajstić information content (AvgIpc) is 2.75. The van der Waals surface area contributed by atoms with Crippen LogP contribution >= 0.6 is 11.6 Å². The van der Waals surface area contributed by atoms with Crippen LogP contribution in [0.1, 0.15) is 25.3 Å². The SMILES string of the molecule is CCC(=O)N1CCCN(C(=O)Cc2ccc(Cl)cc2)CC1. The predicted molar refractivity (Wildman–Crippen MR) is 83.2 cm³/mol. The summed E-state index contributed by atoms with van der Waals surface area (Å²) in [5.74, 6) is 0.283. The molecule has 0 aliphatic carbocycles. The van der Waals surface area contributed by atoms with Gasteiger partial charge in [0.1, 0.15) is 0 Å². The van der Waals surface area contributed by atoms with E-state index in [1.165, 1.54) is 0 Å². The van der Waals surface area contributed by atoms with Gasteiger partial charge in [0.25, 0.3) is 0 Å². The molecule has 1 aliphatic rings. The molecule has 1 aromatic rings. The quantitative estimate of drug-likeness (QED) is 0.860. The van der Waals surface area contributed by atoms with Crippen molar-refractivity contribution >= 4 is 23.4 Å². The lowest BCUT2D eigenvalue weighted by Crippen LogP contribution is -2.37. The number of hydrogen-bond acceptors (Lipinski definition) is 2. The Morgan fingerprint density at radius 1 is 1.00 bits per heavy atom. The molecule has 1 saturated heterocycles. The Bertz CT molecular complexity index is 502. The third-order valence-electron chi connectivity index (χ3n) is 3.77. The summed E-state index contributed by atoms with van der Waals surface area (Å²) < 4.78 is 0. The highest BCUT2D eigenvalue weighted by molar-refractivity contribution is 6.30. The van der Waals surface area contributed by atoms with Gasteiger partial charge < -0.3 is 9.80 Å². The van der Waals surface area contributed by atoms with Crippen molar-refractivity contribution in [3.63, 3.8) is 0 Å². The fourth-order valence-electron chi connectivity index (χ4n) is 2.53. The standard InChI is InChI=1S/C16H21ClN2O2/c1-2-15(20)18-8-3-9-19(11-10-18)16(21)12-13-4-6-14(17)7-5-13/h4-7H,2-3,8-12H2,1H3. The number of rotatable bonds is 3. The zero-order valence-electron chi connectivity index (χ0n) is 12.3. The van der Waals surface area contributed by atoms with Crippen molar-refractivity contribution in [1.82, 2.24) is 9.80 Å². The molecule has 0 saturated carbocycles. The molecule has 1 heterocycles. The minimum absolute atomic E-state index is 0.114. The van der Waals surface area contributed by atoms with Crippen LogP contribution in [0.2, 0.25) is 5.02 Å². The molecule has 0 bridgehead atoms. The first-order valence-electron chi connectivity index (χ1n) is 7.40. The van der Waals surface area contributed by atoms with Crippen LogP contribution < -0.4 is 0 Å². The van der Waals surface area contributed by atoms with Gasteiger partial charge in [-0.15, -0.1) is 0 Å². The number of carbonyl (C=O) groups is 2. The summed E-state index contributed by atoms with van der Waals surface area (Å²) in [4.78, 5) is 27.8. The third kappa shape index (κ3) is 4.46. The fourth-order valence-corrected chi connectivity index (χ4v) is 2.65. The van der Waals surface area contributed by atoms with Crippen molar-refractivity contribution in [2.24, 2.45) is 0 Å². The van der Waals surface area contributed by atoms with E-state index in [4.69, 9.17) is 11.6 Å². The summed E-state index contributed by atoms with van der Waals surface area (Å²) in [7, 11) is 0. The van der Waals surface area contributed by atoms with Gasteiger partial charge in [-0.2, -0.15) is 0 Å². The largest absolute Gasteiger partial charge is 0.341 e. The van der Waals surface area contributed by atoms with E-state index in [1.54, 1.807) is 12.1 Å². The van der Waals surface area contributed by atoms with Crippen LogP contribution in [0.4, 0.5) is 0 Å². The van der Waals surface area contributed by atoms with Gasteiger partial charge >= 0.3 is 0 Å². The molecule has 0 N–H and O–H groups in total. The molecule has 4 nitrogen and oxygen atoms in total. The summed E-state index contributed by atoms with van der Waals surface area (Å²) in [5, 5.41) is 0.676. The minimum Gasteiger partial charge on any atom is -0.341 e. The lowest BCUT2D eigenvalue weighted by atomic mass is 10.1. The van der Waals surface area contributed by atoms with Crippen molar-refractivity contribution in [1.29, 1.82) is 0 Å². The molecule has 0 aromatic heterocycles. The molecule has 114 valence electrons. The van der Waals surface area contributed by atoms with E-state index in [9.17, 15) is 9.59 Å². The number of nitrogens with zero attached hydrogens (tertiary/aromatic N) is 2. The van der Waals surface area contributed by atoms with Crippen LogP contribution in [0.5, 0.6) is 0 Å². The van der Waals surface area contributed by atoms with E-state index in [1.807, 2.05) is 28.9 Å². The van der Waals surface area contributed by atoms with Crippen LogP contribution in [-0.2, 0) is 16.0 Å². The maximum Gasteiger partial charge on any atom is 0.227 e. The summed E-state index contributed by atoms with van der Waals surface area (Å²) in [5.41, 5.74) is 0.968. The fraction of sp³-hybridized carbons (Fsp3) is 0.500. The number of halogens is 1. The number of hydrogen-bond donors (Lipinski definition) is 0. The van der Waals surface area contributed by atoms with Crippen molar-refractivity contribution in [3.8, 4) is 0 Å². The van der Waals surface area contributed by atoms with E-state index in [2.05, 4.69) is 0 Å². The van der Waals surface area contributed by atoms with E-state index in [0.29, 0.717) is 31.0 Å². The molecule has 1 fully saturated rings. The minimum atomic E-state index is 0.114. The van der Waals surface area contributed by atoms with Gasteiger partial charge in [0, 0.05) is 37.6 Å². The topological polar surface area (TPSA) is 40.6 Å². The highest BCUT2D eigenvalue weighted by Crippen LogP contribution is 2.12. The van der Waals surface area contributed by atoms with E-state index < -0.39 is 0 Å². The van der Waals surface area contributed by atoms with Crippen LogP contribution in [0.3, 0.4) is 0 Å². The first-order valence-corrected chi connectivity index (χ1v) is 7.78. The molecule has 1 aliphatic heterocycles. The summed E-state index contributed by atoms with van der Waals surface area (Å²) in [6.45, 7) is 4.60. The Morgan fingerprint density at radius 2 is 1.57 bits per heavy atom. The van der Waals surface area contributed by atoms with Gasteiger partial charge in [0.05, 0.1) is 6.42 Å². The van der Waals surface area contributed by atoms with Gasteiger partial charge in [0.2, 0.25) is 11.8 Å². The van der Waals surface area contributed by atoms with Crippen molar-refractivity contribution < 1.29 is 9.59 Å². The highest BCUT2D eigenvalue weighted by atomic mass is 35.5. The Morgan fingerprint density at radius 3 is 2.14 bits per heavy atom. The first-order chi connectivity index (χ1) is 10.1. The molecule has 21 heavy (non-hydrogen) atoms. The second-order valence-electron chi connectivity index (χ2n) is 5.27. The van der Waals surface area contributed by atoms with Gasteiger partial charge in [-0.25, -0.2) is 0 Å². The van der Waals surface area contributed by atoms with Gasteiger partial charge in [-0.3, -0.25) is 9.59 Å². The normalized spacial score (nSPS) is 15.7. The Hall–Kier alpha value is -1.55. The van der Waals surface area contributed by atoms with Crippen molar-refractivity contribution in [2.45, 2.75) is 26.2 Å². The Balaban J connectivity index is 1.91. The maximum atomic E-state index is 12.3. The Labute approximate surface area is 130 Å². The second-order valence-corrected chi connectivity index (χ2v) is 5.71. The molecular weight excluding hydrogens is 288 g/mol. The summed E-state index contributed by atoms with van der Waals surface area (Å²) >= 11 is 5.85. The van der Waals surface area contributed by atoms with E-state index in [0.717, 1.165) is 25.1 Å². The molecule has 0 unspecified atom stereocenters. The monoisotopic (exact) mass is 308 g/mol. The number of amides is 2. The molecule has 0 atom stereocenters. The summed E-state index contributed by atoms with van der Waals surface area (Å²) in [6, 6.07) is 7.36. The molecule has 1 aromatic carbocycles. The smallest absolute Gasteiger partial charge is 0.227 e. The Kier molecular flexibility index (Phi) is 5.62. The summed E-state index contributed by atoms with van der Waals surface area (Å²) in [6.07, 6.45) is 1.76. The molecule has 0 radical (unpaired) electrons. The average molecular weight is 309 g/mol.